The van der Waals surface area contributed by atoms with Crippen LogP contribution in [0.15, 0.2) is 15.6 Å². The number of rotatable bonds is 0. The van der Waals surface area contributed by atoms with Crippen molar-refractivity contribution in [3.8, 4) is 0 Å². The molecule has 2 rings (SSSR count). The normalized spacial score (nSPS) is 12.3. The van der Waals surface area contributed by atoms with E-state index in [1.54, 1.807) is 0 Å². The number of aromatic nitrogens is 4. The largest absolute Gasteiger partial charge is 0.434 e. The summed E-state index contributed by atoms with van der Waals surface area (Å²) in [5.74, 6) is -0.324. The molecule has 1 N–H and O–H groups in total. The van der Waals surface area contributed by atoms with Crippen LogP contribution in [0.3, 0.4) is 0 Å². The predicted octanol–water partition coefficient (Wildman–Crippen LogP) is 1.20. The van der Waals surface area contributed by atoms with Crippen molar-refractivity contribution in [2.75, 3.05) is 0 Å². The van der Waals surface area contributed by atoms with Gasteiger partial charge in [-0.25, -0.2) is 9.97 Å². The number of nitrogens with zero attached hydrogens (tertiary/aromatic N) is 3. The number of nitrogens with one attached hydrogen (secondary N) is 1. The van der Waals surface area contributed by atoms with Crippen molar-refractivity contribution < 1.29 is 13.2 Å². The fourth-order valence-electron chi connectivity index (χ4n) is 1.02. The first-order chi connectivity index (χ1) is 6.91. The quantitative estimate of drug-likeness (QED) is 0.790. The summed E-state index contributed by atoms with van der Waals surface area (Å²) in [7, 11) is 0. The van der Waals surface area contributed by atoms with Crippen molar-refractivity contribution in [2.24, 2.45) is 0 Å². The minimum atomic E-state index is -4.69. The number of H-pyrrole nitrogens is 1. The molecule has 0 aliphatic rings. The zero-order valence-corrected chi connectivity index (χ0v) is 8.43. The molecule has 5 nitrogen and oxygen atoms in total. The zero-order valence-electron chi connectivity index (χ0n) is 6.84. The first kappa shape index (κ1) is 10.1. The molecule has 0 radical (unpaired) electrons. The van der Waals surface area contributed by atoms with Gasteiger partial charge in [-0.15, -0.1) is 0 Å². The van der Waals surface area contributed by atoms with Crippen LogP contribution in [0.2, 0.25) is 0 Å². The number of halogens is 4. The predicted molar refractivity (Wildman–Crippen MR) is 46.3 cm³/mol. The molecule has 15 heavy (non-hydrogen) atoms. The lowest BCUT2D eigenvalue weighted by Crippen LogP contribution is -2.22. The Bertz CT molecular complexity index is 572. The molecule has 0 aliphatic carbocycles. The van der Waals surface area contributed by atoms with Crippen LogP contribution >= 0.6 is 15.9 Å². The van der Waals surface area contributed by atoms with E-state index in [1.165, 1.54) is 0 Å². The Balaban J connectivity index is 2.88. The van der Waals surface area contributed by atoms with Crippen LogP contribution in [0.1, 0.15) is 5.69 Å². The van der Waals surface area contributed by atoms with Gasteiger partial charge in [0.1, 0.15) is 10.8 Å². The van der Waals surface area contributed by atoms with Gasteiger partial charge in [0.05, 0.1) is 0 Å². The summed E-state index contributed by atoms with van der Waals surface area (Å²) in [6.45, 7) is 0. The van der Waals surface area contributed by atoms with E-state index >= 15 is 0 Å². The van der Waals surface area contributed by atoms with Crippen molar-refractivity contribution in [1.29, 1.82) is 0 Å². The van der Waals surface area contributed by atoms with Gasteiger partial charge >= 0.3 is 6.18 Å². The average molecular weight is 283 g/mol. The topological polar surface area (TPSA) is 63.0 Å². The molecule has 0 saturated heterocycles. The maximum absolute atomic E-state index is 12.4. The fraction of sp³-hybridized carbons (Fsp3) is 0.167. The maximum atomic E-state index is 12.4. The fourth-order valence-corrected chi connectivity index (χ4v) is 1.52. The Labute approximate surface area is 88.1 Å². The Hall–Kier alpha value is -1.38. The van der Waals surface area contributed by atoms with Crippen molar-refractivity contribution in [3.63, 3.8) is 0 Å². The van der Waals surface area contributed by atoms with Gasteiger partial charge in [0.15, 0.2) is 5.69 Å². The third-order valence-electron chi connectivity index (χ3n) is 1.65. The van der Waals surface area contributed by atoms with E-state index in [4.69, 9.17) is 0 Å². The zero-order chi connectivity index (χ0) is 11.2. The summed E-state index contributed by atoms with van der Waals surface area (Å²) < 4.78 is 37.3. The molecule has 80 valence electrons. The lowest BCUT2D eigenvalue weighted by molar-refractivity contribution is -0.141. The second kappa shape index (κ2) is 3.05. The summed E-state index contributed by atoms with van der Waals surface area (Å²) in [6, 6.07) is 0. The van der Waals surface area contributed by atoms with E-state index in [9.17, 15) is 18.0 Å². The number of alkyl halides is 3. The molecule has 2 heterocycles. The van der Waals surface area contributed by atoms with E-state index in [1.807, 2.05) is 0 Å². The first-order valence-electron chi connectivity index (χ1n) is 3.60. The second-order valence-corrected chi connectivity index (χ2v) is 3.39. The third-order valence-corrected chi connectivity index (χ3v) is 2.36. The molecular weight excluding hydrogens is 281 g/mol. The van der Waals surface area contributed by atoms with Crippen LogP contribution in [-0.2, 0) is 6.18 Å². The van der Waals surface area contributed by atoms with Gasteiger partial charge < -0.3 is 0 Å². The average Bonchev–Trinajstić information content (AvgIpc) is 2.57. The van der Waals surface area contributed by atoms with Crippen LogP contribution in [-0.4, -0.2) is 19.6 Å². The van der Waals surface area contributed by atoms with E-state index in [-0.39, 0.29) is 5.78 Å². The van der Waals surface area contributed by atoms with Gasteiger partial charge in [-0.2, -0.15) is 17.7 Å². The van der Waals surface area contributed by atoms with E-state index < -0.39 is 21.9 Å². The van der Waals surface area contributed by atoms with E-state index in [0.717, 1.165) is 10.8 Å². The van der Waals surface area contributed by atoms with Crippen molar-refractivity contribution in [3.05, 3.63) is 26.8 Å². The highest BCUT2D eigenvalue weighted by atomic mass is 79.9. The van der Waals surface area contributed by atoms with E-state index in [0.29, 0.717) is 0 Å². The molecule has 2 aromatic rings. The summed E-state index contributed by atoms with van der Waals surface area (Å²) in [5.41, 5.74) is -2.16. The van der Waals surface area contributed by atoms with Gasteiger partial charge in [-0.1, -0.05) is 0 Å². The van der Waals surface area contributed by atoms with Gasteiger partial charge in [-0.05, 0) is 15.9 Å². The SMILES string of the molecule is O=c1c(Br)c(C(F)(F)F)nc2nc[nH]n12. The van der Waals surface area contributed by atoms with Crippen LogP contribution in [0.5, 0.6) is 0 Å². The molecule has 0 unspecified atom stereocenters. The molecule has 0 saturated carbocycles. The molecule has 2 aromatic heterocycles. The number of aromatic amines is 1. The number of hydrogen-bond acceptors (Lipinski definition) is 3. The summed E-state index contributed by atoms with van der Waals surface area (Å²) >= 11 is 2.56. The monoisotopic (exact) mass is 282 g/mol. The lowest BCUT2D eigenvalue weighted by Gasteiger charge is -2.06. The van der Waals surface area contributed by atoms with Crippen LogP contribution in [0.25, 0.3) is 5.78 Å². The minimum absolute atomic E-state index is 0.324. The highest BCUT2D eigenvalue weighted by Gasteiger charge is 2.37. The Morgan fingerprint density at radius 3 is 2.73 bits per heavy atom. The highest BCUT2D eigenvalue weighted by Crippen LogP contribution is 2.31. The van der Waals surface area contributed by atoms with Crippen LogP contribution < -0.4 is 5.56 Å². The summed E-state index contributed by atoms with van der Waals surface area (Å²) in [6.07, 6.45) is -3.61. The summed E-state index contributed by atoms with van der Waals surface area (Å²) in [4.78, 5) is 18.0. The van der Waals surface area contributed by atoms with Crippen LogP contribution in [0, 0.1) is 0 Å². The van der Waals surface area contributed by atoms with Crippen LogP contribution in [0.4, 0.5) is 13.2 Å². The van der Waals surface area contributed by atoms with Gasteiger partial charge in [-0.3, -0.25) is 9.89 Å². The molecule has 9 heteroatoms. The maximum Gasteiger partial charge on any atom is 0.434 e. The molecule has 0 spiro atoms. The Morgan fingerprint density at radius 1 is 1.47 bits per heavy atom. The van der Waals surface area contributed by atoms with Gasteiger partial charge in [0.25, 0.3) is 11.3 Å². The van der Waals surface area contributed by atoms with Crippen molar-refractivity contribution >= 4 is 21.7 Å². The minimum Gasteiger partial charge on any atom is -0.278 e. The molecule has 0 aromatic carbocycles. The Kier molecular flexibility index (Phi) is 2.07. The lowest BCUT2D eigenvalue weighted by atomic mass is 10.4. The second-order valence-electron chi connectivity index (χ2n) is 2.60. The van der Waals surface area contributed by atoms with E-state index in [2.05, 4.69) is 31.0 Å². The molecule has 0 atom stereocenters. The molecular formula is C6H2BrF3N4O. The first-order valence-corrected chi connectivity index (χ1v) is 4.39. The van der Waals surface area contributed by atoms with Crippen molar-refractivity contribution in [2.45, 2.75) is 6.18 Å². The van der Waals surface area contributed by atoms with Crippen molar-refractivity contribution in [1.82, 2.24) is 19.6 Å². The highest BCUT2D eigenvalue weighted by molar-refractivity contribution is 9.10. The van der Waals surface area contributed by atoms with Gasteiger partial charge in [0.2, 0.25) is 0 Å². The standard InChI is InChI=1S/C6H2BrF3N4O/c7-2-3(6(8,9)10)13-5-11-1-12-14(5)4(2)15/h1H,(H,11,12,13). The molecule has 0 amide bonds. The Morgan fingerprint density at radius 2 is 2.13 bits per heavy atom. The third kappa shape index (κ3) is 1.52. The molecule has 0 fully saturated rings. The number of fused-ring (bicyclic) bond motifs is 1. The smallest absolute Gasteiger partial charge is 0.278 e. The molecule has 0 aliphatic heterocycles. The molecule has 0 bridgehead atoms. The van der Waals surface area contributed by atoms with Gasteiger partial charge in [0, 0.05) is 0 Å². The number of hydrogen-bond donors (Lipinski definition) is 1. The summed E-state index contributed by atoms with van der Waals surface area (Å²) in [5, 5.41) is 2.34.